The van der Waals surface area contributed by atoms with Gasteiger partial charge >= 0.3 is 0 Å². The topological polar surface area (TPSA) is 75.4 Å². The van der Waals surface area contributed by atoms with E-state index in [2.05, 4.69) is 10.3 Å². The van der Waals surface area contributed by atoms with Gasteiger partial charge in [-0.05, 0) is 26.0 Å². The average molecular weight is 327 g/mol. The third-order valence-corrected chi connectivity index (χ3v) is 4.09. The Kier molecular flexibility index (Phi) is 4.13. The fourth-order valence-electron chi connectivity index (χ4n) is 2.87. The van der Waals surface area contributed by atoms with Gasteiger partial charge in [0, 0.05) is 18.4 Å². The molecule has 1 unspecified atom stereocenters. The molecule has 24 heavy (non-hydrogen) atoms. The first-order valence-electron chi connectivity index (χ1n) is 8.08. The van der Waals surface area contributed by atoms with Gasteiger partial charge in [-0.1, -0.05) is 26.0 Å². The van der Waals surface area contributed by atoms with Crippen molar-refractivity contribution in [3.05, 3.63) is 41.6 Å². The molecule has 0 spiro atoms. The number of fused-ring (bicyclic) bond motifs is 1. The molecule has 0 aliphatic carbocycles. The van der Waals surface area contributed by atoms with Crippen molar-refractivity contribution in [3.63, 3.8) is 0 Å². The first-order chi connectivity index (χ1) is 11.4. The fraction of sp³-hybridized carbons (Fsp3) is 0.389. The van der Waals surface area contributed by atoms with Crippen molar-refractivity contribution < 1.29 is 14.0 Å². The van der Waals surface area contributed by atoms with Gasteiger partial charge < -0.3 is 14.6 Å². The number of carbonyl (C=O) groups excluding carboxylic acids is 2. The van der Waals surface area contributed by atoms with Crippen molar-refractivity contribution in [1.29, 1.82) is 0 Å². The van der Waals surface area contributed by atoms with Gasteiger partial charge in [-0.25, -0.2) is 4.98 Å². The van der Waals surface area contributed by atoms with Crippen molar-refractivity contribution in [2.24, 2.45) is 0 Å². The van der Waals surface area contributed by atoms with Gasteiger partial charge in [0.25, 0.3) is 5.91 Å². The molecule has 0 radical (unpaired) electrons. The number of aryl methyl sites for hydroxylation is 1. The molecule has 1 aliphatic heterocycles. The second-order valence-corrected chi connectivity index (χ2v) is 6.41. The maximum atomic E-state index is 13.2. The van der Waals surface area contributed by atoms with Gasteiger partial charge in [0.05, 0.1) is 11.4 Å². The fourth-order valence-corrected chi connectivity index (χ4v) is 2.87. The highest BCUT2D eigenvalue weighted by Crippen LogP contribution is 2.33. The van der Waals surface area contributed by atoms with E-state index in [9.17, 15) is 9.59 Å². The lowest BCUT2D eigenvalue weighted by molar-refractivity contribution is -0.116. The number of amides is 2. The summed E-state index contributed by atoms with van der Waals surface area (Å²) in [5.41, 5.74) is 1.61. The van der Waals surface area contributed by atoms with Crippen LogP contribution in [0.2, 0.25) is 0 Å². The van der Waals surface area contributed by atoms with E-state index in [0.717, 1.165) is 0 Å². The van der Waals surface area contributed by atoms with Crippen LogP contribution in [0.15, 0.2) is 28.7 Å². The number of carbonyl (C=O) groups is 2. The molecule has 1 atom stereocenters. The molecule has 126 valence electrons. The van der Waals surface area contributed by atoms with Crippen molar-refractivity contribution >= 4 is 23.2 Å². The molecule has 0 bridgehead atoms. The van der Waals surface area contributed by atoms with Gasteiger partial charge in [0.1, 0.15) is 5.76 Å². The molecule has 0 saturated carbocycles. The normalized spacial score (nSPS) is 17.5. The molecule has 6 heteroatoms. The second kappa shape index (κ2) is 6.11. The Labute approximate surface area is 140 Å². The van der Waals surface area contributed by atoms with Crippen LogP contribution in [0.3, 0.4) is 0 Å². The average Bonchev–Trinajstić information content (AvgIpc) is 2.85. The van der Waals surface area contributed by atoms with E-state index < -0.39 is 0 Å². The van der Waals surface area contributed by atoms with Crippen LogP contribution in [0.25, 0.3) is 0 Å². The van der Waals surface area contributed by atoms with Gasteiger partial charge in [-0.2, -0.15) is 0 Å². The summed E-state index contributed by atoms with van der Waals surface area (Å²) in [6.45, 7) is 7.53. The number of rotatable bonds is 2. The highest BCUT2D eigenvalue weighted by atomic mass is 16.4. The molecular formula is C18H21N3O3. The van der Waals surface area contributed by atoms with Crippen LogP contribution in [-0.2, 0) is 4.79 Å². The van der Waals surface area contributed by atoms with Gasteiger partial charge in [-0.15, -0.1) is 0 Å². The van der Waals surface area contributed by atoms with Crippen LogP contribution < -0.4 is 10.2 Å². The first kappa shape index (κ1) is 16.2. The molecule has 2 amide bonds. The molecule has 6 nitrogen and oxygen atoms in total. The van der Waals surface area contributed by atoms with Crippen LogP contribution in [0.1, 0.15) is 55.2 Å². The molecule has 1 aliphatic rings. The summed E-state index contributed by atoms with van der Waals surface area (Å²) in [5.74, 6) is 0.782. The minimum absolute atomic E-state index is 0.0994. The third kappa shape index (κ3) is 2.79. The predicted octanol–water partition coefficient (Wildman–Crippen LogP) is 3.48. The van der Waals surface area contributed by atoms with E-state index in [1.165, 1.54) is 0 Å². The Bertz CT molecular complexity index is 795. The van der Waals surface area contributed by atoms with Crippen molar-refractivity contribution in [3.8, 4) is 0 Å². The number of para-hydroxylation sites is 2. The maximum absolute atomic E-state index is 13.2. The van der Waals surface area contributed by atoms with Gasteiger partial charge in [-0.3, -0.25) is 9.59 Å². The summed E-state index contributed by atoms with van der Waals surface area (Å²) in [6.07, 6.45) is 0.231. The van der Waals surface area contributed by atoms with E-state index in [1.807, 2.05) is 39.0 Å². The number of hydrogen-bond acceptors (Lipinski definition) is 4. The molecule has 2 heterocycles. The molecule has 1 aromatic heterocycles. The minimum Gasteiger partial charge on any atom is -0.445 e. The highest BCUT2D eigenvalue weighted by molar-refractivity contribution is 6.10. The highest BCUT2D eigenvalue weighted by Gasteiger charge is 2.33. The monoisotopic (exact) mass is 327 g/mol. The summed E-state index contributed by atoms with van der Waals surface area (Å²) < 4.78 is 5.62. The summed E-state index contributed by atoms with van der Waals surface area (Å²) in [5, 5.41) is 2.85. The lowest BCUT2D eigenvalue weighted by Gasteiger charge is -2.27. The smallest absolute Gasteiger partial charge is 0.280 e. The van der Waals surface area contributed by atoms with Gasteiger partial charge in [0.15, 0.2) is 11.6 Å². The summed E-state index contributed by atoms with van der Waals surface area (Å²) in [7, 11) is 0. The zero-order valence-electron chi connectivity index (χ0n) is 14.3. The van der Waals surface area contributed by atoms with Crippen LogP contribution in [-0.4, -0.2) is 22.8 Å². The SMILES string of the molecule is Cc1oc(C(C)C)nc1C(=O)N1c2ccccc2NC(=O)CC1C. The van der Waals surface area contributed by atoms with E-state index >= 15 is 0 Å². The Hall–Kier alpha value is -2.63. The van der Waals surface area contributed by atoms with E-state index in [-0.39, 0.29) is 30.2 Å². The molecule has 1 aromatic carbocycles. The number of benzene rings is 1. The molecule has 3 rings (SSSR count). The Morgan fingerprint density at radius 1 is 1.38 bits per heavy atom. The lowest BCUT2D eigenvalue weighted by Crippen LogP contribution is -2.39. The predicted molar refractivity (Wildman–Crippen MR) is 91.3 cm³/mol. The summed E-state index contributed by atoms with van der Waals surface area (Å²) in [4.78, 5) is 31.2. The molecular weight excluding hydrogens is 306 g/mol. The summed E-state index contributed by atoms with van der Waals surface area (Å²) in [6, 6.07) is 7.02. The first-order valence-corrected chi connectivity index (χ1v) is 8.08. The third-order valence-electron chi connectivity index (χ3n) is 4.09. The number of nitrogens with one attached hydrogen (secondary N) is 1. The second-order valence-electron chi connectivity index (χ2n) is 6.41. The lowest BCUT2D eigenvalue weighted by atomic mass is 10.1. The molecule has 0 saturated heterocycles. The molecule has 0 fully saturated rings. The number of hydrogen-bond donors (Lipinski definition) is 1. The Morgan fingerprint density at radius 3 is 2.75 bits per heavy atom. The largest absolute Gasteiger partial charge is 0.445 e. The van der Waals surface area contributed by atoms with E-state index in [4.69, 9.17) is 4.42 Å². The van der Waals surface area contributed by atoms with Crippen molar-refractivity contribution in [1.82, 2.24) is 4.98 Å². The van der Waals surface area contributed by atoms with E-state index in [1.54, 1.807) is 17.9 Å². The zero-order valence-corrected chi connectivity index (χ0v) is 14.3. The van der Waals surface area contributed by atoms with Crippen molar-refractivity contribution in [2.45, 2.75) is 46.1 Å². The van der Waals surface area contributed by atoms with Crippen LogP contribution in [0, 0.1) is 6.92 Å². The maximum Gasteiger partial charge on any atom is 0.280 e. The van der Waals surface area contributed by atoms with Crippen LogP contribution >= 0.6 is 0 Å². The summed E-state index contributed by atoms with van der Waals surface area (Å²) >= 11 is 0. The number of aromatic nitrogens is 1. The minimum atomic E-state index is -0.278. The standard InChI is InChI=1S/C18H21N3O3/c1-10(2)17-20-16(12(4)24-17)18(23)21-11(3)9-15(22)19-13-7-5-6-8-14(13)21/h5-8,10-11H,9H2,1-4H3,(H,19,22). The zero-order chi connectivity index (χ0) is 17.4. The van der Waals surface area contributed by atoms with E-state index in [0.29, 0.717) is 28.7 Å². The Balaban J connectivity index is 2.06. The molecule has 2 aromatic rings. The quantitative estimate of drug-likeness (QED) is 0.916. The van der Waals surface area contributed by atoms with Gasteiger partial charge in [0.2, 0.25) is 5.91 Å². The molecule has 1 N–H and O–H groups in total. The Morgan fingerprint density at radius 2 is 2.08 bits per heavy atom. The van der Waals surface area contributed by atoms with Crippen molar-refractivity contribution in [2.75, 3.05) is 10.2 Å². The number of nitrogens with zero attached hydrogens (tertiary/aromatic N) is 2. The number of anilines is 2. The van der Waals surface area contributed by atoms with Crippen LogP contribution in [0.5, 0.6) is 0 Å². The number of oxazole rings is 1. The van der Waals surface area contributed by atoms with Crippen LogP contribution in [0.4, 0.5) is 11.4 Å².